The molecule has 0 aliphatic rings. The molecule has 1 aromatic heterocycles. The van der Waals surface area contributed by atoms with Gasteiger partial charge in [0.05, 0.1) is 11.7 Å². The molecule has 2 N–H and O–H groups in total. The van der Waals surface area contributed by atoms with Crippen molar-refractivity contribution in [1.29, 1.82) is 0 Å². The summed E-state index contributed by atoms with van der Waals surface area (Å²) in [7, 11) is 7.71. The predicted octanol–water partition coefficient (Wildman–Crippen LogP) is 2.76. The number of guanidine groups is 1. The molecule has 1 unspecified atom stereocenters. The van der Waals surface area contributed by atoms with Crippen molar-refractivity contribution < 1.29 is 4.39 Å². The van der Waals surface area contributed by atoms with Gasteiger partial charge in [0.1, 0.15) is 5.82 Å². The maximum absolute atomic E-state index is 13.2. The second-order valence-electron chi connectivity index (χ2n) is 6.61. The summed E-state index contributed by atoms with van der Waals surface area (Å²) in [6.07, 6.45) is 0. The number of rotatable bonds is 6. The van der Waals surface area contributed by atoms with Crippen LogP contribution in [0.1, 0.15) is 28.6 Å². The third kappa shape index (κ3) is 6.17. The number of nitrogens with one attached hydrogen (secondary N) is 2. The first-order valence-electron chi connectivity index (χ1n) is 8.69. The highest BCUT2D eigenvalue weighted by molar-refractivity contribution is 14.0. The summed E-state index contributed by atoms with van der Waals surface area (Å²) in [6, 6.07) is 6.73. The number of aryl methyl sites for hydroxylation is 2. The lowest BCUT2D eigenvalue weighted by atomic mass is 10.1. The van der Waals surface area contributed by atoms with Crippen LogP contribution in [0.25, 0.3) is 0 Å². The molecule has 1 atom stereocenters. The predicted molar refractivity (Wildman–Crippen MR) is 119 cm³/mol. The van der Waals surface area contributed by atoms with Gasteiger partial charge < -0.3 is 15.5 Å². The third-order valence-corrected chi connectivity index (χ3v) is 4.66. The third-order valence-electron chi connectivity index (χ3n) is 4.66. The van der Waals surface area contributed by atoms with Gasteiger partial charge in [-0.3, -0.25) is 9.67 Å². The van der Waals surface area contributed by atoms with Crippen molar-refractivity contribution >= 4 is 29.9 Å². The Morgan fingerprint density at radius 2 is 1.85 bits per heavy atom. The molecule has 2 aromatic rings. The second kappa shape index (κ2) is 10.6. The fourth-order valence-corrected chi connectivity index (χ4v) is 2.94. The summed E-state index contributed by atoms with van der Waals surface area (Å²) in [5.41, 5.74) is 4.39. The molecule has 27 heavy (non-hydrogen) atoms. The van der Waals surface area contributed by atoms with E-state index in [1.54, 1.807) is 7.05 Å². The molecule has 0 saturated carbocycles. The van der Waals surface area contributed by atoms with Gasteiger partial charge in [-0.2, -0.15) is 5.10 Å². The Kier molecular flexibility index (Phi) is 9.17. The van der Waals surface area contributed by atoms with Crippen molar-refractivity contribution in [3.63, 3.8) is 0 Å². The van der Waals surface area contributed by atoms with E-state index >= 15 is 0 Å². The minimum absolute atomic E-state index is 0. The molecule has 8 heteroatoms. The summed E-state index contributed by atoms with van der Waals surface area (Å²) in [6.45, 7) is 5.39. The van der Waals surface area contributed by atoms with E-state index in [9.17, 15) is 4.39 Å². The van der Waals surface area contributed by atoms with Crippen LogP contribution in [0.4, 0.5) is 4.39 Å². The van der Waals surface area contributed by atoms with Gasteiger partial charge in [0.15, 0.2) is 5.96 Å². The molecule has 0 radical (unpaired) electrons. The molecule has 0 aliphatic heterocycles. The van der Waals surface area contributed by atoms with Crippen LogP contribution in [-0.4, -0.2) is 48.3 Å². The molecule has 0 fully saturated rings. The van der Waals surface area contributed by atoms with E-state index in [2.05, 4.69) is 32.5 Å². The molecule has 0 aliphatic carbocycles. The van der Waals surface area contributed by atoms with Crippen LogP contribution >= 0.6 is 24.0 Å². The van der Waals surface area contributed by atoms with Crippen LogP contribution < -0.4 is 10.6 Å². The Bertz CT molecular complexity index is 754. The number of aromatic nitrogens is 2. The average molecular weight is 488 g/mol. The van der Waals surface area contributed by atoms with Gasteiger partial charge in [-0.15, -0.1) is 24.0 Å². The topological polar surface area (TPSA) is 57.5 Å². The van der Waals surface area contributed by atoms with Crippen LogP contribution in [0.15, 0.2) is 29.3 Å². The molecular weight excluding hydrogens is 458 g/mol. The van der Waals surface area contributed by atoms with Gasteiger partial charge in [-0.25, -0.2) is 4.39 Å². The van der Waals surface area contributed by atoms with Crippen LogP contribution in [0.3, 0.4) is 0 Å². The van der Waals surface area contributed by atoms with Gasteiger partial charge >= 0.3 is 0 Å². The first kappa shape index (κ1) is 23.4. The number of likely N-dealkylation sites (N-methyl/N-ethyl adjacent to an activating group) is 1. The molecule has 0 spiro atoms. The zero-order valence-corrected chi connectivity index (χ0v) is 19.2. The molecular formula is C19H30FIN6. The van der Waals surface area contributed by atoms with Crippen molar-refractivity contribution in [3.05, 3.63) is 52.6 Å². The zero-order valence-electron chi connectivity index (χ0n) is 16.9. The maximum atomic E-state index is 13.2. The Morgan fingerprint density at radius 1 is 1.22 bits per heavy atom. The van der Waals surface area contributed by atoms with E-state index < -0.39 is 0 Å². The Balaban J connectivity index is 0.00000364. The van der Waals surface area contributed by atoms with Gasteiger partial charge in [-0.1, -0.05) is 12.1 Å². The first-order valence-corrected chi connectivity index (χ1v) is 8.69. The summed E-state index contributed by atoms with van der Waals surface area (Å²) in [4.78, 5) is 6.40. The summed E-state index contributed by atoms with van der Waals surface area (Å²) in [5, 5.41) is 11.1. The molecule has 150 valence electrons. The number of nitrogens with zero attached hydrogens (tertiary/aromatic N) is 4. The molecule has 6 nitrogen and oxygen atoms in total. The number of halogens is 2. The minimum atomic E-state index is -0.223. The summed E-state index contributed by atoms with van der Waals surface area (Å²) >= 11 is 0. The van der Waals surface area contributed by atoms with Crippen LogP contribution in [0.5, 0.6) is 0 Å². The Hall–Kier alpha value is -1.68. The van der Waals surface area contributed by atoms with Gasteiger partial charge in [0, 0.05) is 38.4 Å². The Labute approximate surface area is 178 Å². The van der Waals surface area contributed by atoms with Crippen molar-refractivity contribution in [2.75, 3.05) is 27.7 Å². The molecule has 1 heterocycles. The van der Waals surface area contributed by atoms with Gasteiger partial charge in [0.25, 0.3) is 0 Å². The number of aliphatic imine (C=N–C) groups is 1. The van der Waals surface area contributed by atoms with E-state index in [1.807, 2.05) is 44.9 Å². The van der Waals surface area contributed by atoms with Crippen molar-refractivity contribution in [3.8, 4) is 0 Å². The molecule has 1 aromatic carbocycles. The van der Waals surface area contributed by atoms with Crippen LogP contribution in [0.2, 0.25) is 0 Å². The minimum Gasteiger partial charge on any atom is -0.354 e. The highest BCUT2D eigenvalue weighted by Crippen LogP contribution is 2.17. The highest BCUT2D eigenvalue weighted by Gasteiger charge is 2.15. The van der Waals surface area contributed by atoms with Gasteiger partial charge in [0.2, 0.25) is 0 Å². The molecule has 0 bridgehead atoms. The van der Waals surface area contributed by atoms with E-state index in [0.717, 1.165) is 22.9 Å². The van der Waals surface area contributed by atoms with Crippen LogP contribution in [-0.2, 0) is 13.6 Å². The standard InChI is InChI=1S/C19H29FN6.HI/c1-13-17(14(2)26(6)24-13)11-22-19(21-3)23-12-18(25(4)5)15-7-9-16(20)10-8-15;/h7-10,18H,11-12H2,1-6H3,(H2,21,22,23);1H. The summed E-state index contributed by atoms with van der Waals surface area (Å²) in [5.74, 6) is 0.500. The SMILES string of the molecule is CN=C(NCc1c(C)nn(C)c1C)NCC(c1ccc(F)cc1)N(C)C.I. The molecule has 2 rings (SSSR count). The summed E-state index contributed by atoms with van der Waals surface area (Å²) < 4.78 is 15.1. The van der Waals surface area contributed by atoms with Gasteiger partial charge in [-0.05, 0) is 45.6 Å². The van der Waals surface area contributed by atoms with Crippen molar-refractivity contribution in [2.24, 2.45) is 12.0 Å². The smallest absolute Gasteiger partial charge is 0.191 e. The average Bonchev–Trinajstić information content (AvgIpc) is 2.84. The quantitative estimate of drug-likeness (QED) is 0.373. The monoisotopic (exact) mass is 488 g/mol. The first-order chi connectivity index (χ1) is 12.3. The van der Waals surface area contributed by atoms with Crippen molar-refractivity contribution in [2.45, 2.75) is 26.4 Å². The van der Waals surface area contributed by atoms with E-state index in [4.69, 9.17) is 0 Å². The molecule has 0 amide bonds. The lowest BCUT2D eigenvalue weighted by Gasteiger charge is -2.26. The lowest BCUT2D eigenvalue weighted by Crippen LogP contribution is -2.41. The highest BCUT2D eigenvalue weighted by atomic mass is 127. The maximum Gasteiger partial charge on any atom is 0.191 e. The fraction of sp³-hybridized carbons (Fsp3) is 0.474. The fourth-order valence-electron chi connectivity index (χ4n) is 2.94. The molecule has 0 saturated heterocycles. The van der Waals surface area contributed by atoms with Crippen molar-refractivity contribution in [1.82, 2.24) is 25.3 Å². The second-order valence-corrected chi connectivity index (χ2v) is 6.61. The Morgan fingerprint density at radius 3 is 2.33 bits per heavy atom. The zero-order chi connectivity index (χ0) is 19.3. The van der Waals surface area contributed by atoms with E-state index in [-0.39, 0.29) is 35.8 Å². The van der Waals surface area contributed by atoms with Crippen LogP contribution in [0, 0.1) is 19.7 Å². The van der Waals surface area contributed by atoms with E-state index in [1.165, 1.54) is 17.7 Å². The van der Waals surface area contributed by atoms with E-state index in [0.29, 0.717) is 13.1 Å². The number of hydrogen-bond acceptors (Lipinski definition) is 3. The lowest BCUT2D eigenvalue weighted by molar-refractivity contribution is 0.298. The normalized spacial score (nSPS) is 12.7. The number of hydrogen-bond donors (Lipinski definition) is 2. The number of benzene rings is 1. The largest absolute Gasteiger partial charge is 0.354 e.